The summed E-state index contributed by atoms with van der Waals surface area (Å²) in [6, 6.07) is 18.2. The zero-order valence-electron chi connectivity index (χ0n) is 17.9. The summed E-state index contributed by atoms with van der Waals surface area (Å²) in [6.07, 6.45) is 3.42. The second-order valence-electron chi connectivity index (χ2n) is 7.60. The lowest BCUT2D eigenvalue weighted by molar-refractivity contribution is 0.0744. The molecule has 2 N–H and O–H groups in total. The van der Waals surface area contributed by atoms with E-state index < -0.39 is 6.10 Å². The van der Waals surface area contributed by atoms with E-state index in [9.17, 15) is 5.11 Å². The number of nitrogens with zero attached hydrogens (tertiary/aromatic N) is 3. The van der Waals surface area contributed by atoms with Crippen molar-refractivity contribution in [2.45, 2.75) is 39.2 Å². The van der Waals surface area contributed by atoms with Crippen molar-refractivity contribution in [3.63, 3.8) is 0 Å². The summed E-state index contributed by atoms with van der Waals surface area (Å²) < 4.78 is 7.68. The van der Waals surface area contributed by atoms with Gasteiger partial charge in [0.25, 0.3) is 0 Å². The number of benzene rings is 2. The van der Waals surface area contributed by atoms with Gasteiger partial charge in [0.05, 0.1) is 6.20 Å². The second-order valence-corrected chi connectivity index (χ2v) is 7.60. The SMILES string of the molecule is CCn1cc(CNCc2ccc(OC[C@H](O)CN(C)Cc3ccccc3)cc2)cn1. The number of nitrogens with one attached hydrogen (secondary N) is 1. The maximum atomic E-state index is 10.3. The lowest BCUT2D eigenvalue weighted by atomic mass is 10.2. The van der Waals surface area contributed by atoms with Crippen molar-refractivity contribution in [3.05, 3.63) is 83.7 Å². The van der Waals surface area contributed by atoms with Crippen LogP contribution in [0.1, 0.15) is 23.6 Å². The van der Waals surface area contributed by atoms with E-state index in [-0.39, 0.29) is 6.61 Å². The Kier molecular flexibility index (Phi) is 8.44. The number of hydrogen-bond donors (Lipinski definition) is 2. The first-order valence-electron chi connectivity index (χ1n) is 10.5. The van der Waals surface area contributed by atoms with E-state index in [1.807, 2.05) is 60.4 Å². The Morgan fingerprint density at radius 1 is 1.03 bits per heavy atom. The van der Waals surface area contributed by atoms with Crippen molar-refractivity contribution in [2.75, 3.05) is 20.2 Å². The topological polar surface area (TPSA) is 62.6 Å². The molecule has 0 aliphatic heterocycles. The van der Waals surface area contributed by atoms with Crippen LogP contribution in [0.15, 0.2) is 67.0 Å². The molecular weight excluding hydrogens is 376 g/mol. The van der Waals surface area contributed by atoms with Gasteiger partial charge in [-0.2, -0.15) is 5.10 Å². The number of aryl methyl sites for hydroxylation is 1. The Morgan fingerprint density at radius 2 is 1.77 bits per heavy atom. The van der Waals surface area contributed by atoms with Crippen molar-refractivity contribution in [1.82, 2.24) is 20.0 Å². The van der Waals surface area contributed by atoms with Crippen LogP contribution >= 0.6 is 0 Å². The van der Waals surface area contributed by atoms with Crippen molar-refractivity contribution < 1.29 is 9.84 Å². The van der Waals surface area contributed by atoms with E-state index in [2.05, 4.69) is 40.6 Å². The van der Waals surface area contributed by atoms with Gasteiger partial charge < -0.3 is 15.2 Å². The first-order chi connectivity index (χ1) is 14.6. The normalized spacial score (nSPS) is 12.3. The van der Waals surface area contributed by atoms with Crippen LogP contribution in [0.3, 0.4) is 0 Å². The molecule has 3 aromatic rings. The number of likely N-dealkylation sites (N-methyl/N-ethyl adjacent to an activating group) is 1. The lowest BCUT2D eigenvalue weighted by Crippen LogP contribution is -2.32. The molecule has 1 heterocycles. The summed E-state index contributed by atoms with van der Waals surface area (Å²) in [5.41, 5.74) is 3.60. The minimum Gasteiger partial charge on any atom is -0.491 e. The van der Waals surface area contributed by atoms with Gasteiger partial charge in [-0.15, -0.1) is 0 Å². The molecule has 0 saturated carbocycles. The summed E-state index contributed by atoms with van der Waals surface area (Å²) in [5, 5.41) is 18.0. The van der Waals surface area contributed by atoms with Gasteiger partial charge in [-0.1, -0.05) is 42.5 Å². The first-order valence-corrected chi connectivity index (χ1v) is 10.5. The fourth-order valence-corrected chi connectivity index (χ4v) is 3.29. The maximum absolute atomic E-state index is 10.3. The predicted octanol–water partition coefficient (Wildman–Crippen LogP) is 3.06. The standard InChI is InChI=1S/C24H32N4O2/c1-3-28-17-22(15-26-28)14-25-13-20-9-11-24(12-10-20)30-19-23(29)18-27(2)16-21-7-5-4-6-8-21/h4-12,15,17,23,25,29H,3,13-14,16,18-19H2,1-2H3/t23-/m1/s1. The van der Waals surface area contributed by atoms with Gasteiger partial charge >= 0.3 is 0 Å². The molecule has 3 rings (SSSR count). The maximum Gasteiger partial charge on any atom is 0.119 e. The highest BCUT2D eigenvalue weighted by molar-refractivity contribution is 5.27. The third-order valence-electron chi connectivity index (χ3n) is 4.85. The molecule has 0 saturated heterocycles. The van der Waals surface area contributed by atoms with Gasteiger partial charge in [-0.05, 0) is 37.2 Å². The molecule has 0 spiro atoms. The predicted molar refractivity (Wildman–Crippen MR) is 119 cm³/mol. The number of aromatic nitrogens is 2. The van der Waals surface area contributed by atoms with Crippen molar-refractivity contribution in [1.29, 1.82) is 0 Å². The summed E-state index contributed by atoms with van der Waals surface area (Å²) in [6.45, 7) is 6.18. The Morgan fingerprint density at radius 3 is 2.47 bits per heavy atom. The Labute approximate surface area is 179 Å². The van der Waals surface area contributed by atoms with Crippen LogP contribution in [0, 0.1) is 0 Å². The fraction of sp³-hybridized carbons (Fsp3) is 0.375. The molecular formula is C24H32N4O2. The lowest BCUT2D eigenvalue weighted by Gasteiger charge is -2.21. The number of hydrogen-bond acceptors (Lipinski definition) is 5. The van der Waals surface area contributed by atoms with Gasteiger partial charge in [-0.25, -0.2) is 0 Å². The molecule has 0 fully saturated rings. The Balaban J connectivity index is 1.35. The van der Waals surface area contributed by atoms with Gasteiger partial charge in [0.1, 0.15) is 18.5 Å². The zero-order chi connectivity index (χ0) is 21.2. The molecule has 6 heteroatoms. The molecule has 1 aromatic heterocycles. The van der Waals surface area contributed by atoms with E-state index in [4.69, 9.17) is 4.74 Å². The molecule has 0 amide bonds. The number of rotatable bonds is 12. The number of aliphatic hydroxyl groups excluding tert-OH is 1. The van der Waals surface area contributed by atoms with E-state index in [0.29, 0.717) is 6.54 Å². The third kappa shape index (κ3) is 7.30. The monoisotopic (exact) mass is 408 g/mol. The quantitative estimate of drug-likeness (QED) is 0.482. The second kappa shape index (κ2) is 11.5. The average Bonchev–Trinajstić information content (AvgIpc) is 3.22. The third-order valence-corrected chi connectivity index (χ3v) is 4.85. The number of ether oxygens (including phenoxy) is 1. The molecule has 0 unspecified atom stereocenters. The van der Waals surface area contributed by atoms with E-state index >= 15 is 0 Å². The summed E-state index contributed by atoms with van der Waals surface area (Å²) in [5.74, 6) is 0.771. The van der Waals surface area contributed by atoms with Crippen LogP contribution in [0.25, 0.3) is 0 Å². The molecule has 0 aliphatic carbocycles. The van der Waals surface area contributed by atoms with Crippen LogP contribution < -0.4 is 10.1 Å². The van der Waals surface area contributed by atoms with Crippen molar-refractivity contribution in [3.8, 4) is 5.75 Å². The molecule has 0 aliphatic rings. The van der Waals surface area contributed by atoms with Crippen molar-refractivity contribution >= 4 is 0 Å². The van der Waals surface area contributed by atoms with Gasteiger partial charge in [0, 0.05) is 44.5 Å². The molecule has 1 atom stereocenters. The molecule has 160 valence electrons. The smallest absolute Gasteiger partial charge is 0.119 e. The highest BCUT2D eigenvalue weighted by Gasteiger charge is 2.10. The van der Waals surface area contributed by atoms with Gasteiger partial charge in [0.15, 0.2) is 0 Å². The summed E-state index contributed by atoms with van der Waals surface area (Å²) in [7, 11) is 2.01. The van der Waals surface area contributed by atoms with Crippen LogP contribution in [0.2, 0.25) is 0 Å². The van der Waals surface area contributed by atoms with Gasteiger partial charge in [0.2, 0.25) is 0 Å². The van der Waals surface area contributed by atoms with Crippen LogP contribution in [0.4, 0.5) is 0 Å². The fourth-order valence-electron chi connectivity index (χ4n) is 3.29. The molecule has 6 nitrogen and oxygen atoms in total. The minimum absolute atomic E-state index is 0.276. The van der Waals surface area contributed by atoms with Gasteiger partial charge in [-0.3, -0.25) is 9.58 Å². The Hall–Kier alpha value is -2.67. The van der Waals surface area contributed by atoms with E-state index in [1.54, 1.807) is 0 Å². The molecule has 30 heavy (non-hydrogen) atoms. The zero-order valence-corrected chi connectivity index (χ0v) is 17.9. The van der Waals surface area contributed by atoms with Crippen LogP contribution in [-0.4, -0.2) is 46.1 Å². The summed E-state index contributed by atoms with van der Waals surface area (Å²) in [4.78, 5) is 2.10. The minimum atomic E-state index is -0.538. The highest BCUT2D eigenvalue weighted by Crippen LogP contribution is 2.13. The van der Waals surface area contributed by atoms with Crippen molar-refractivity contribution in [2.24, 2.45) is 0 Å². The van der Waals surface area contributed by atoms with E-state index in [1.165, 1.54) is 16.7 Å². The molecule has 0 bridgehead atoms. The average molecular weight is 409 g/mol. The van der Waals surface area contributed by atoms with E-state index in [0.717, 1.165) is 31.9 Å². The number of aliphatic hydroxyl groups is 1. The molecule has 0 radical (unpaired) electrons. The first kappa shape index (κ1) is 22.0. The largest absolute Gasteiger partial charge is 0.491 e. The Bertz CT molecular complexity index is 864. The van der Waals surface area contributed by atoms with Crippen LogP contribution in [0.5, 0.6) is 5.75 Å². The summed E-state index contributed by atoms with van der Waals surface area (Å²) >= 11 is 0. The highest BCUT2D eigenvalue weighted by atomic mass is 16.5. The molecule has 2 aromatic carbocycles. The van der Waals surface area contributed by atoms with Crippen LogP contribution in [-0.2, 0) is 26.2 Å².